The van der Waals surface area contributed by atoms with Gasteiger partial charge >= 0.3 is 0 Å². The Bertz CT molecular complexity index is 797. The van der Waals surface area contributed by atoms with Crippen molar-refractivity contribution in [2.24, 2.45) is 0 Å². The van der Waals surface area contributed by atoms with Crippen molar-refractivity contribution in [2.75, 3.05) is 5.32 Å². The van der Waals surface area contributed by atoms with Crippen molar-refractivity contribution < 1.29 is 4.79 Å². The predicted molar refractivity (Wildman–Crippen MR) is 87.5 cm³/mol. The van der Waals surface area contributed by atoms with Crippen LogP contribution in [0.3, 0.4) is 0 Å². The predicted octanol–water partition coefficient (Wildman–Crippen LogP) is 2.37. The molecule has 0 aliphatic carbocycles. The normalized spacial score (nSPS) is 10.8. The molecule has 2 heterocycles. The Balaban J connectivity index is 1.63. The summed E-state index contributed by atoms with van der Waals surface area (Å²) in [6.07, 6.45) is 11.4. The molecule has 0 bridgehead atoms. The van der Waals surface area contributed by atoms with Crippen LogP contribution < -0.4 is 5.32 Å². The molecule has 6 nitrogen and oxygen atoms in total. The van der Waals surface area contributed by atoms with Crippen molar-refractivity contribution in [3.05, 3.63) is 78.6 Å². The van der Waals surface area contributed by atoms with Crippen molar-refractivity contribution in [3.8, 4) is 0 Å². The minimum absolute atomic E-state index is 0.216. The number of rotatable bonds is 5. The van der Waals surface area contributed by atoms with Crippen LogP contribution in [0.4, 0.5) is 5.69 Å². The lowest BCUT2D eigenvalue weighted by atomic mass is 10.2. The molecule has 2 aromatic heterocycles. The van der Waals surface area contributed by atoms with Crippen LogP contribution in [0, 0.1) is 0 Å². The molecule has 6 heteroatoms. The number of anilines is 1. The molecule has 23 heavy (non-hydrogen) atoms. The highest BCUT2D eigenvalue weighted by Crippen LogP contribution is 2.12. The summed E-state index contributed by atoms with van der Waals surface area (Å²) in [5.41, 5.74) is 2.43. The number of benzene rings is 1. The lowest BCUT2D eigenvalue weighted by Crippen LogP contribution is -2.08. The molecule has 0 saturated carbocycles. The van der Waals surface area contributed by atoms with Gasteiger partial charge < -0.3 is 5.32 Å². The monoisotopic (exact) mass is 305 g/mol. The second kappa shape index (κ2) is 7.13. The summed E-state index contributed by atoms with van der Waals surface area (Å²) in [4.78, 5) is 20.0. The Morgan fingerprint density at radius 1 is 1.22 bits per heavy atom. The number of carbonyl (C=O) groups is 1. The number of nitrogens with one attached hydrogen (secondary N) is 1. The molecule has 0 saturated heterocycles. The molecule has 1 aromatic carbocycles. The minimum atomic E-state index is -0.216. The van der Waals surface area contributed by atoms with Gasteiger partial charge in [0.15, 0.2) is 0 Å². The Labute approximate surface area is 133 Å². The van der Waals surface area contributed by atoms with E-state index in [9.17, 15) is 4.79 Å². The lowest BCUT2D eigenvalue weighted by Gasteiger charge is -2.06. The van der Waals surface area contributed by atoms with Crippen LogP contribution in [-0.2, 0) is 11.3 Å². The first-order valence-corrected chi connectivity index (χ1v) is 7.11. The van der Waals surface area contributed by atoms with Crippen molar-refractivity contribution in [3.63, 3.8) is 0 Å². The van der Waals surface area contributed by atoms with Gasteiger partial charge in [-0.2, -0.15) is 5.10 Å². The third-order valence-corrected chi connectivity index (χ3v) is 3.09. The molecule has 0 aliphatic heterocycles. The van der Waals surface area contributed by atoms with Crippen LogP contribution in [0.1, 0.15) is 11.3 Å². The number of hydrogen-bond acceptors (Lipinski definition) is 4. The van der Waals surface area contributed by atoms with Crippen LogP contribution in [-0.4, -0.2) is 25.7 Å². The summed E-state index contributed by atoms with van der Waals surface area (Å²) in [5.74, 6) is -0.216. The Hall–Kier alpha value is -3.28. The molecule has 0 unspecified atom stereocenters. The van der Waals surface area contributed by atoms with Gasteiger partial charge in [-0.3, -0.25) is 19.4 Å². The zero-order valence-corrected chi connectivity index (χ0v) is 12.3. The third-order valence-electron chi connectivity index (χ3n) is 3.09. The van der Waals surface area contributed by atoms with Gasteiger partial charge in [0.25, 0.3) is 0 Å². The second-order valence-corrected chi connectivity index (χ2v) is 4.86. The molecule has 0 aliphatic rings. The fourth-order valence-corrected chi connectivity index (χ4v) is 2.07. The number of aromatic nitrogens is 4. The molecule has 3 rings (SSSR count). The van der Waals surface area contributed by atoms with E-state index in [0.29, 0.717) is 12.2 Å². The van der Waals surface area contributed by atoms with Crippen LogP contribution in [0.25, 0.3) is 6.08 Å². The molecular formula is C17H15N5O. The smallest absolute Gasteiger partial charge is 0.248 e. The lowest BCUT2D eigenvalue weighted by molar-refractivity contribution is -0.111. The molecule has 0 atom stereocenters. The molecular weight excluding hydrogens is 290 g/mol. The maximum Gasteiger partial charge on any atom is 0.248 e. The summed E-state index contributed by atoms with van der Waals surface area (Å²) in [6, 6.07) is 9.55. The molecule has 3 aromatic rings. The van der Waals surface area contributed by atoms with Gasteiger partial charge in [-0.05, 0) is 29.8 Å². The SMILES string of the molecule is O=C(/C=C/c1cnccn1)Nc1cccc(Cn2cccn2)c1. The molecule has 0 spiro atoms. The summed E-state index contributed by atoms with van der Waals surface area (Å²) in [5, 5.41) is 7.00. The average Bonchev–Trinajstić information content (AvgIpc) is 3.07. The largest absolute Gasteiger partial charge is 0.323 e. The van der Waals surface area contributed by atoms with Crippen LogP contribution >= 0.6 is 0 Å². The minimum Gasteiger partial charge on any atom is -0.323 e. The van der Waals surface area contributed by atoms with E-state index in [0.717, 1.165) is 11.3 Å². The highest BCUT2D eigenvalue weighted by molar-refractivity contribution is 6.01. The Kier molecular flexibility index (Phi) is 4.54. The van der Waals surface area contributed by atoms with Gasteiger partial charge in [0.1, 0.15) is 0 Å². The van der Waals surface area contributed by atoms with E-state index >= 15 is 0 Å². The number of hydrogen-bond donors (Lipinski definition) is 1. The average molecular weight is 305 g/mol. The topological polar surface area (TPSA) is 72.7 Å². The first-order valence-electron chi connectivity index (χ1n) is 7.11. The van der Waals surface area contributed by atoms with Crippen molar-refractivity contribution in [1.29, 1.82) is 0 Å². The number of carbonyl (C=O) groups excluding carboxylic acids is 1. The summed E-state index contributed by atoms with van der Waals surface area (Å²) in [7, 11) is 0. The maximum atomic E-state index is 12.0. The van der Waals surface area contributed by atoms with Crippen molar-refractivity contribution in [1.82, 2.24) is 19.7 Å². The molecule has 0 radical (unpaired) electrons. The van der Waals surface area contributed by atoms with Crippen LogP contribution in [0.15, 0.2) is 67.4 Å². The molecule has 114 valence electrons. The number of nitrogens with zero attached hydrogens (tertiary/aromatic N) is 4. The first kappa shape index (κ1) is 14.6. The highest BCUT2D eigenvalue weighted by Gasteiger charge is 2.01. The fourth-order valence-electron chi connectivity index (χ4n) is 2.07. The van der Waals surface area contributed by atoms with Crippen molar-refractivity contribution in [2.45, 2.75) is 6.54 Å². The van der Waals surface area contributed by atoms with Gasteiger partial charge in [0.2, 0.25) is 5.91 Å². The Morgan fingerprint density at radius 3 is 2.96 bits per heavy atom. The van der Waals surface area contributed by atoms with E-state index < -0.39 is 0 Å². The third kappa shape index (κ3) is 4.34. The summed E-state index contributed by atoms with van der Waals surface area (Å²) in [6.45, 7) is 0.659. The second-order valence-electron chi connectivity index (χ2n) is 4.86. The van der Waals surface area contributed by atoms with Gasteiger partial charge in [0, 0.05) is 36.6 Å². The quantitative estimate of drug-likeness (QED) is 0.735. The van der Waals surface area contributed by atoms with Crippen LogP contribution in [0.5, 0.6) is 0 Å². The molecule has 1 amide bonds. The molecule has 1 N–H and O–H groups in total. The number of amides is 1. The molecule has 0 fully saturated rings. The van der Waals surface area contributed by atoms with E-state index in [4.69, 9.17) is 0 Å². The van der Waals surface area contributed by atoms with Crippen LogP contribution in [0.2, 0.25) is 0 Å². The van der Waals surface area contributed by atoms with Gasteiger partial charge in [-0.15, -0.1) is 0 Å². The van der Waals surface area contributed by atoms with E-state index in [-0.39, 0.29) is 5.91 Å². The highest BCUT2D eigenvalue weighted by atomic mass is 16.1. The van der Waals surface area contributed by atoms with Gasteiger partial charge in [0.05, 0.1) is 18.4 Å². The van der Waals surface area contributed by atoms with Crippen molar-refractivity contribution >= 4 is 17.7 Å². The van der Waals surface area contributed by atoms with Gasteiger partial charge in [-0.1, -0.05) is 12.1 Å². The first-order chi connectivity index (χ1) is 11.3. The Morgan fingerprint density at radius 2 is 2.17 bits per heavy atom. The zero-order chi connectivity index (χ0) is 15.9. The maximum absolute atomic E-state index is 12.0. The standard InChI is InChI=1S/C17H15N5O/c23-17(6-5-16-12-18-8-9-19-16)21-15-4-1-3-14(11-15)13-22-10-2-7-20-22/h1-12H,13H2,(H,21,23)/b6-5+. The summed E-state index contributed by atoms with van der Waals surface area (Å²) < 4.78 is 1.83. The van der Waals surface area contributed by atoms with E-state index in [2.05, 4.69) is 20.4 Å². The van der Waals surface area contributed by atoms with E-state index in [1.54, 1.807) is 30.9 Å². The zero-order valence-electron chi connectivity index (χ0n) is 12.3. The fraction of sp³-hybridized carbons (Fsp3) is 0.0588. The van der Waals surface area contributed by atoms with E-state index in [1.807, 2.05) is 41.2 Å². The summed E-state index contributed by atoms with van der Waals surface area (Å²) >= 11 is 0. The van der Waals surface area contributed by atoms with Gasteiger partial charge in [-0.25, -0.2) is 0 Å². The van der Waals surface area contributed by atoms with E-state index in [1.165, 1.54) is 6.08 Å².